The molecule has 0 bridgehead atoms. The van der Waals surface area contributed by atoms with Crippen molar-refractivity contribution in [2.24, 2.45) is 0 Å². The summed E-state index contributed by atoms with van der Waals surface area (Å²) in [6.45, 7) is 0.0851. The van der Waals surface area contributed by atoms with Crippen molar-refractivity contribution >= 4 is 40.4 Å². The van der Waals surface area contributed by atoms with Gasteiger partial charge in [0.1, 0.15) is 11.4 Å². The summed E-state index contributed by atoms with van der Waals surface area (Å²) in [4.78, 5) is 30.1. The Morgan fingerprint density at radius 2 is 1.58 bits per heavy atom. The number of nitrogens with zero attached hydrogens (tertiary/aromatic N) is 2. The Morgan fingerprint density at radius 3 is 2.18 bits per heavy atom. The molecular formula is C26H24ClN3O3. The number of ether oxygens (including phenoxy) is 1. The number of imide groups is 1. The van der Waals surface area contributed by atoms with Crippen LogP contribution in [0.15, 0.2) is 78.5 Å². The molecule has 0 aliphatic carbocycles. The molecule has 33 heavy (non-hydrogen) atoms. The fourth-order valence-electron chi connectivity index (χ4n) is 3.65. The van der Waals surface area contributed by atoms with Crippen LogP contribution in [0.25, 0.3) is 5.57 Å². The van der Waals surface area contributed by atoms with Crippen LogP contribution in [0.5, 0.6) is 5.75 Å². The van der Waals surface area contributed by atoms with E-state index in [0.717, 1.165) is 5.69 Å². The minimum atomic E-state index is -0.401. The summed E-state index contributed by atoms with van der Waals surface area (Å²) in [5.41, 5.74) is 3.61. The first-order valence-corrected chi connectivity index (χ1v) is 10.8. The summed E-state index contributed by atoms with van der Waals surface area (Å²) in [7, 11) is 5.49. The van der Waals surface area contributed by atoms with Gasteiger partial charge in [0.2, 0.25) is 0 Å². The Balaban J connectivity index is 1.72. The summed E-state index contributed by atoms with van der Waals surface area (Å²) in [5, 5.41) is 3.68. The number of methoxy groups -OCH3 is 1. The average molecular weight is 462 g/mol. The molecule has 0 radical (unpaired) electrons. The molecule has 4 rings (SSSR count). The number of carbonyl (C=O) groups excluding carboxylic acids is 2. The van der Waals surface area contributed by atoms with E-state index in [1.54, 1.807) is 43.5 Å². The first kappa shape index (κ1) is 22.4. The Labute approximate surface area is 198 Å². The van der Waals surface area contributed by atoms with Gasteiger partial charge < -0.3 is 15.0 Å². The van der Waals surface area contributed by atoms with Gasteiger partial charge in [-0.15, -0.1) is 0 Å². The van der Waals surface area contributed by atoms with E-state index in [0.29, 0.717) is 33.2 Å². The van der Waals surface area contributed by atoms with E-state index in [-0.39, 0.29) is 18.1 Å². The van der Waals surface area contributed by atoms with Gasteiger partial charge in [-0.05, 0) is 53.6 Å². The van der Waals surface area contributed by atoms with E-state index in [9.17, 15) is 9.59 Å². The van der Waals surface area contributed by atoms with Gasteiger partial charge in [0.15, 0.2) is 0 Å². The van der Waals surface area contributed by atoms with Crippen LogP contribution < -0.4 is 15.0 Å². The standard InChI is InChI=1S/C26H24ClN3O3/c1-29(2)20-12-10-19(11-13-20)28-24-23(17-8-14-21(33-3)15-9-17)25(31)30(26(24)32)16-18-6-4-5-7-22(18)27/h4-15,28H,16H2,1-3H3. The molecule has 6 nitrogen and oxygen atoms in total. The number of carbonyl (C=O) groups is 2. The van der Waals surface area contributed by atoms with Crippen LogP contribution in [0, 0.1) is 0 Å². The smallest absolute Gasteiger partial charge is 0.278 e. The SMILES string of the molecule is COc1ccc(C2=C(Nc3ccc(N(C)C)cc3)C(=O)N(Cc3ccccc3Cl)C2=O)cc1. The monoisotopic (exact) mass is 461 g/mol. The molecule has 0 saturated heterocycles. The number of halogens is 1. The van der Waals surface area contributed by atoms with Crippen molar-refractivity contribution in [3.05, 3.63) is 94.6 Å². The van der Waals surface area contributed by atoms with Crippen LogP contribution in [-0.4, -0.2) is 37.9 Å². The molecule has 0 atom stereocenters. The molecule has 3 aromatic carbocycles. The molecule has 168 valence electrons. The second-order valence-electron chi connectivity index (χ2n) is 7.83. The van der Waals surface area contributed by atoms with Crippen LogP contribution in [0.3, 0.4) is 0 Å². The number of rotatable bonds is 7. The van der Waals surface area contributed by atoms with Crippen molar-refractivity contribution < 1.29 is 14.3 Å². The predicted octanol–water partition coefficient (Wildman–Crippen LogP) is 4.81. The van der Waals surface area contributed by atoms with Gasteiger partial charge in [0, 0.05) is 30.5 Å². The van der Waals surface area contributed by atoms with Gasteiger partial charge >= 0.3 is 0 Å². The lowest BCUT2D eigenvalue weighted by Crippen LogP contribution is -2.32. The second kappa shape index (κ2) is 9.38. The van der Waals surface area contributed by atoms with Gasteiger partial charge in [-0.1, -0.05) is 41.9 Å². The van der Waals surface area contributed by atoms with Crippen LogP contribution in [0.4, 0.5) is 11.4 Å². The summed E-state index contributed by atoms with van der Waals surface area (Å²) < 4.78 is 5.23. The molecule has 0 aromatic heterocycles. The van der Waals surface area contributed by atoms with Crippen molar-refractivity contribution in [2.75, 3.05) is 31.4 Å². The highest BCUT2D eigenvalue weighted by Crippen LogP contribution is 2.33. The fraction of sp³-hybridized carbons (Fsp3) is 0.154. The van der Waals surface area contributed by atoms with E-state index in [1.165, 1.54) is 4.90 Å². The Bertz CT molecular complexity index is 1220. The Hall–Kier alpha value is -3.77. The molecule has 1 aliphatic rings. The van der Waals surface area contributed by atoms with Crippen molar-refractivity contribution in [3.63, 3.8) is 0 Å². The quantitative estimate of drug-likeness (QED) is 0.512. The molecule has 1 N–H and O–H groups in total. The molecule has 1 heterocycles. The second-order valence-corrected chi connectivity index (χ2v) is 8.24. The minimum absolute atomic E-state index is 0.0851. The van der Waals surface area contributed by atoms with Gasteiger partial charge in [0.05, 0.1) is 19.2 Å². The third-order valence-electron chi connectivity index (χ3n) is 5.49. The number of hydrogen-bond acceptors (Lipinski definition) is 5. The minimum Gasteiger partial charge on any atom is -0.497 e. The maximum Gasteiger partial charge on any atom is 0.278 e. The maximum atomic E-state index is 13.5. The zero-order chi connectivity index (χ0) is 23.5. The molecule has 3 aromatic rings. The summed E-state index contributed by atoms with van der Waals surface area (Å²) in [5.74, 6) is -0.113. The molecule has 0 spiro atoms. The molecule has 1 aliphatic heterocycles. The topological polar surface area (TPSA) is 61.9 Å². The number of anilines is 2. The van der Waals surface area contributed by atoms with E-state index in [4.69, 9.17) is 16.3 Å². The summed E-state index contributed by atoms with van der Waals surface area (Å²) in [6, 6.07) is 21.9. The van der Waals surface area contributed by atoms with Gasteiger partial charge in [-0.2, -0.15) is 0 Å². The van der Waals surface area contributed by atoms with Crippen molar-refractivity contribution in [2.45, 2.75) is 6.54 Å². The van der Waals surface area contributed by atoms with Crippen LogP contribution in [-0.2, 0) is 16.1 Å². The predicted molar refractivity (Wildman–Crippen MR) is 131 cm³/mol. The highest BCUT2D eigenvalue weighted by Gasteiger charge is 2.39. The average Bonchev–Trinajstić information content (AvgIpc) is 3.05. The summed E-state index contributed by atoms with van der Waals surface area (Å²) in [6.07, 6.45) is 0. The Morgan fingerprint density at radius 1 is 0.909 bits per heavy atom. The third-order valence-corrected chi connectivity index (χ3v) is 5.85. The fourth-order valence-corrected chi connectivity index (χ4v) is 3.84. The molecular weight excluding hydrogens is 438 g/mol. The van der Waals surface area contributed by atoms with E-state index in [1.807, 2.05) is 55.4 Å². The molecule has 7 heteroatoms. The summed E-state index contributed by atoms with van der Waals surface area (Å²) >= 11 is 6.29. The number of nitrogens with one attached hydrogen (secondary N) is 1. The van der Waals surface area contributed by atoms with E-state index >= 15 is 0 Å². The van der Waals surface area contributed by atoms with E-state index < -0.39 is 5.91 Å². The van der Waals surface area contributed by atoms with Gasteiger partial charge in [-0.3, -0.25) is 14.5 Å². The molecule has 0 fully saturated rings. The highest BCUT2D eigenvalue weighted by molar-refractivity contribution is 6.36. The lowest BCUT2D eigenvalue weighted by molar-refractivity contribution is -0.137. The zero-order valence-corrected chi connectivity index (χ0v) is 19.4. The van der Waals surface area contributed by atoms with Crippen molar-refractivity contribution in [1.82, 2.24) is 4.90 Å². The van der Waals surface area contributed by atoms with E-state index in [2.05, 4.69) is 5.32 Å². The normalized spacial score (nSPS) is 13.5. The lowest BCUT2D eigenvalue weighted by atomic mass is 10.0. The largest absolute Gasteiger partial charge is 0.497 e. The molecule has 0 saturated carbocycles. The van der Waals surface area contributed by atoms with Crippen molar-refractivity contribution in [1.29, 1.82) is 0 Å². The maximum absolute atomic E-state index is 13.5. The number of hydrogen-bond donors (Lipinski definition) is 1. The first-order valence-electron chi connectivity index (χ1n) is 10.4. The Kier molecular flexibility index (Phi) is 6.38. The molecule has 0 unspecified atom stereocenters. The first-order chi connectivity index (χ1) is 15.9. The number of benzene rings is 3. The zero-order valence-electron chi connectivity index (χ0n) is 18.6. The van der Waals surface area contributed by atoms with Crippen molar-refractivity contribution in [3.8, 4) is 5.75 Å². The van der Waals surface area contributed by atoms with Gasteiger partial charge in [0.25, 0.3) is 11.8 Å². The lowest BCUT2D eigenvalue weighted by Gasteiger charge is -2.16. The molecule has 2 amide bonds. The van der Waals surface area contributed by atoms with Crippen LogP contribution in [0.2, 0.25) is 5.02 Å². The third kappa shape index (κ3) is 4.56. The highest BCUT2D eigenvalue weighted by atomic mass is 35.5. The number of amides is 2. The van der Waals surface area contributed by atoms with Gasteiger partial charge in [-0.25, -0.2) is 0 Å². The van der Waals surface area contributed by atoms with Crippen LogP contribution in [0.1, 0.15) is 11.1 Å². The van der Waals surface area contributed by atoms with Crippen LogP contribution >= 0.6 is 11.6 Å².